The molecule has 1 aliphatic carbocycles. The monoisotopic (exact) mass is 388 g/mol. The van der Waals surface area contributed by atoms with Crippen molar-refractivity contribution < 1.29 is 19.5 Å². The average molecular weight is 388 g/mol. The average Bonchev–Trinajstić information content (AvgIpc) is 3.08. The summed E-state index contributed by atoms with van der Waals surface area (Å²) in [4.78, 5) is 13.3. The van der Waals surface area contributed by atoms with Crippen LogP contribution in [-0.4, -0.2) is 21.2 Å². The molecule has 0 spiro atoms. The van der Waals surface area contributed by atoms with Gasteiger partial charge < -0.3 is 20.1 Å². The summed E-state index contributed by atoms with van der Waals surface area (Å²) >= 11 is 0. The Bertz CT molecular complexity index is 1140. The molecule has 0 saturated heterocycles. The molecule has 146 valence electrons. The number of phenolic OH excluding ortho intramolecular Hbond substituents is 2. The number of fused-ring (bicyclic) bond motifs is 1. The molecular weight excluding hydrogens is 368 g/mol. The van der Waals surface area contributed by atoms with Crippen LogP contribution in [0.3, 0.4) is 0 Å². The first-order valence-corrected chi connectivity index (χ1v) is 9.59. The van der Waals surface area contributed by atoms with E-state index in [1.54, 1.807) is 24.3 Å². The van der Waals surface area contributed by atoms with Crippen molar-refractivity contribution in [3.05, 3.63) is 82.2 Å². The van der Waals surface area contributed by atoms with E-state index in [2.05, 4.69) is 10.5 Å². The molecule has 0 unspecified atom stereocenters. The smallest absolute Gasteiger partial charge is 0.233 e. The number of aromatic hydroxyl groups is 2. The van der Waals surface area contributed by atoms with Gasteiger partial charge in [-0.25, -0.2) is 0 Å². The number of hydrogen-bond donors (Lipinski definition) is 3. The number of para-hydroxylation sites is 1. The zero-order valence-corrected chi connectivity index (χ0v) is 15.8. The van der Waals surface area contributed by atoms with Gasteiger partial charge in [0.05, 0.1) is 11.3 Å². The fourth-order valence-corrected chi connectivity index (χ4v) is 4.53. The van der Waals surface area contributed by atoms with Crippen LogP contribution < -0.4 is 5.32 Å². The summed E-state index contributed by atoms with van der Waals surface area (Å²) in [7, 11) is 0. The number of aryl methyl sites for hydroxylation is 1. The van der Waals surface area contributed by atoms with E-state index in [-0.39, 0.29) is 29.1 Å². The third-order valence-electron chi connectivity index (χ3n) is 5.86. The molecule has 2 aromatic carbocycles. The lowest BCUT2D eigenvalue weighted by atomic mass is 9.72. The Morgan fingerprint density at radius 1 is 1.07 bits per heavy atom. The van der Waals surface area contributed by atoms with Crippen LogP contribution in [0.25, 0.3) is 0 Å². The highest BCUT2D eigenvalue weighted by Crippen LogP contribution is 2.49. The van der Waals surface area contributed by atoms with Crippen LogP contribution >= 0.6 is 0 Å². The highest BCUT2D eigenvalue weighted by atomic mass is 16.5. The molecule has 3 aromatic rings. The first kappa shape index (κ1) is 17.6. The van der Waals surface area contributed by atoms with Crippen molar-refractivity contribution in [2.45, 2.75) is 31.6 Å². The summed E-state index contributed by atoms with van der Waals surface area (Å²) in [5.41, 5.74) is 4.77. The Morgan fingerprint density at radius 2 is 1.83 bits per heavy atom. The number of nitrogens with zero attached hydrogens (tertiary/aromatic N) is 1. The third kappa shape index (κ3) is 2.79. The number of Topliss-reactive ketones (excluding diaryl/α,β-unsaturated/α-hetero) is 1. The van der Waals surface area contributed by atoms with E-state index in [1.165, 1.54) is 0 Å². The Morgan fingerprint density at radius 3 is 2.59 bits per heavy atom. The minimum atomic E-state index is -0.300. The summed E-state index contributed by atoms with van der Waals surface area (Å²) in [5, 5.41) is 27.3. The van der Waals surface area contributed by atoms with Gasteiger partial charge in [-0.2, -0.15) is 0 Å². The second-order valence-electron chi connectivity index (χ2n) is 7.64. The molecule has 1 aliphatic heterocycles. The van der Waals surface area contributed by atoms with Gasteiger partial charge in [-0.05, 0) is 42.7 Å². The summed E-state index contributed by atoms with van der Waals surface area (Å²) in [6, 6.07) is 14.1. The SMILES string of the molecule is Cc1noc2c1[C@H](c1ccc(O)cc1)C1=C(C[C@H](c3ccccc3O)CC1=O)N2. The van der Waals surface area contributed by atoms with E-state index in [9.17, 15) is 15.0 Å². The Labute approximate surface area is 167 Å². The number of anilines is 1. The van der Waals surface area contributed by atoms with Crippen LogP contribution in [0.1, 0.15) is 47.1 Å². The van der Waals surface area contributed by atoms with E-state index in [4.69, 9.17) is 4.52 Å². The number of benzene rings is 2. The maximum atomic E-state index is 13.3. The van der Waals surface area contributed by atoms with Gasteiger partial charge >= 0.3 is 0 Å². The number of nitrogens with one attached hydrogen (secondary N) is 1. The van der Waals surface area contributed by atoms with Crippen molar-refractivity contribution in [3.63, 3.8) is 0 Å². The van der Waals surface area contributed by atoms with Crippen LogP contribution in [-0.2, 0) is 4.79 Å². The molecule has 0 radical (unpaired) electrons. The molecule has 1 aromatic heterocycles. The van der Waals surface area contributed by atoms with Crippen molar-refractivity contribution in [1.82, 2.24) is 5.16 Å². The highest BCUT2D eigenvalue weighted by Gasteiger charge is 2.41. The van der Waals surface area contributed by atoms with Crippen LogP contribution in [0, 0.1) is 6.92 Å². The summed E-state index contributed by atoms with van der Waals surface area (Å²) in [6.07, 6.45) is 0.915. The van der Waals surface area contributed by atoms with Gasteiger partial charge in [0.2, 0.25) is 5.88 Å². The van der Waals surface area contributed by atoms with Gasteiger partial charge in [-0.15, -0.1) is 0 Å². The summed E-state index contributed by atoms with van der Waals surface area (Å²) in [5.74, 6) is 0.554. The molecular formula is C23H20N2O4. The van der Waals surface area contributed by atoms with Crippen molar-refractivity contribution in [1.29, 1.82) is 0 Å². The minimum Gasteiger partial charge on any atom is -0.508 e. The lowest BCUT2D eigenvalue weighted by molar-refractivity contribution is -0.116. The predicted octanol–water partition coefficient (Wildman–Crippen LogP) is 4.35. The van der Waals surface area contributed by atoms with Crippen molar-refractivity contribution in [2.24, 2.45) is 0 Å². The van der Waals surface area contributed by atoms with Crippen molar-refractivity contribution in [3.8, 4) is 11.5 Å². The van der Waals surface area contributed by atoms with E-state index < -0.39 is 0 Å². The van der Waals surface area contributed by atoms with Crippen molar-refractivity contribution in [2.75, 3.05) is 5.32 Å². The first-order valence-electron chi connectivity index (χ1n) is 9.59. The zero-order chi connectivity index (χ0) is 20.1. The maximum Gasteiger partial charge on any atom is 0.233 e. The van der Waals surface area contributed by atoms with Crippen LogP contribution in [0.15, 0.2) is 64.3 Å². The molecule has 6 nitrogen and oxygen atoms in total. The topological polar surface area (TPSA) is 95.6 Å². The molecule has 2 atom stereocenters. The molecule has 6 heteroatoms. The lowest BCUT2D eigenvalue weighted by Gasteiger charge is -2.34. The molecule has 0 saturated carbocycles. The van der Waals surface area contributed by atoms with E-state index >= 15 is 0 Å². The fraction of sp³-hybridized carbons (Fsp3) is 0.217. The lowest BCUT2D eigenvalue weighted by Crippen LogP contribution is -2.29. The number of hydrogen-bond acceptors (Lipinski definition) is 6. The van der Waals surface area contributed by atoms with Crippen LogP contribution in [0.5, 0.6) is 11.5 Å². The molecule has 0 amide bonds. The fourth-order valence-electron chi connectivity index (χ4n) is 4.53. The quantitative estimate of drug-likeness (QED) is 0.604. The number of phenols is 2. The standard InChI is InChI=1S/C23H20N2O4/c1-12-20-21(13-6-8-15(26)9-7-13)22-17(24-23(20)29-25-12)10-14(11-19(22)28)16-4-2-3-5-18(16)27/h2-9,14,21,24,26-27H,10-11H2,1H3/t14-,21-/m0/s1. The molecule has 29 heavy (non-hydrogen) atoms. The number of carbonyl (C=O) groups is 1. The normalized spacial score (nSPS) is 20.8. The number of aromatic nitrogens is 1. The second-order valence-corrected chi connectivity index (χ2v) is 7.64. The van der Waals surface area contributed by atoms with Gasteiger partial charge in [-0.1, -0.05) is 35.5 Å². The number of ketones is 1. The van der Waals surface area contributed by atoms with Gasteiger partial charge in [0.25, 0.3) is 0 Å². The van der Waals surface area contributed by atoms with Gasteiger partial charge in [-0.3, -0.25) is 4.79 Å². The van der Waals surface area contributed by atoms with Gasteiger partial charge in [0, 0.05) is 29.5 Å². The number of rotatable bonds is 2. The number of allylic oxidation sites excluding steroid dienone is 2. The Balaban J connectivity index is 1.63. The minimum absolute atomic E-state index is 0.0383. The van der Waals surface area contributed by atoms with Gasteiger partial charge in [0.1, 0.15) is 11.5 Å². The largest absolute Gasteiger partial charge is 0.508 e. The van der Waals surface area contributed by atoms with E-state index in [0.717, 1.165) is 28.1 Å². The molecule has 0 bridgehead atoms. The number of carbonyl (C=O) groups excluding carboxylic acids is 1. The molecule has 0 fully saturated rings. The first-order chi connectivity index (χ1) is 14.0. The van der Waals surface area contributed by atoms with Crippen molar-refractivity contribution >= 4 is 11.7 Å². The second kappa shape index (κ2) is 6.51. The van der Waals surface area contributed by atoms with E-state index in [1.807, 2.05) is 31.2 Å². The van der Waals surface area contributed by atoms with Gasteiger partial charge in [0.15, 0.2) is 5.78 Å². The van der Waals surface area contributed by atoms with Crippen LogP contribution in [0.2, 0.25) is 0 Å². The predicted molar refractivity (Wildman–Crippen MR) is 107 cm³/mol. The zero-order valence-electron chi connectivity index (χ0n) is 15.8. The van der Waals surface area contributed by atoms with E-state index in [0.29, 0.717) is 24.3 Å². The molecule has 2 heterocycles. The van der Waals surface area contributed by atoms with Crippen LogP contribution in [0.4, 0.5) is 5.88 Å². The third-order valence-corrected chi connectivity index (χ3v) is 5.86. The summed E-state index contributed by atoms with van der Waals surface area (Å²) in [6.45, 7) is 1.86. The molecule has 3 N–H and O–H groups in total. The molecule has 5 rings (SSSR count). The Hall–Kier alpha value is -3.54. The summed E-state index contributed by atoms with van der Waals surface area (Å²) < 4.78 is 5.51. The highest BCUT2D eigenvalue weighted by molar-refractivity contribution is 6.01. The Kier molecular flexibility index (Phi) is 3.94. The maximum absolute atomic E-state index is 13.3. The molecule has 2 aliphatic rings.